The zero-order chi connectivity index (χ0) is 14.4. The van der Waals surface area contributed by atoms with Crippen molar-refractivity contribution in [3.05, 3.63) is 53.0 Å². The Kier molecular flexibility index (Phi) is 5.35. The predicted molar refractivity (Wildman–Crippen MR) is 80.2 cm³/mol. The number of rotatable bonds is 6. The van der Waals surface area contributed by atoms with Crippen LogP contribution in [0.3, 0.4) is 0 Å². The molecule has 0 saturated carbocycles. The Bertz CT molecular complexity index is 538. The van der Waals surface area contributed by atoms with Crippen LogP contribution in [-0.4, -0.2) is 22.1 Å². The molecule has 2 rings (SSSR count). The number of benzene rings is 1. The summed E-state index contributed by atoms with van der Waals surface area (Å²) < 4.78 is 8.10. The van der Waals surface area contributed by atoms with Gasteiger partial charge in [0.25, 0.3) is 0 Å². The highest BCUT2D eigenvalue weighted by atomic mass is 79.9. The molecule has 0 radical (unpaired) electrons. The van der Waals surface area contributed by atoms with Gasteiger partial charge in [0.05, 0.1) is 18.9 Å². The summed E-state index contributed by atoms with van der Waals surface area (Å²) in [4.78, 5) is 16.1. The first-order valence-electron chi connectivity index (χ1n) is 6.56. The van der Waals surface area contributed by atoms with Gasteiger partial charge in [0.1, 0.15) is 0 Å². The van der Waals surface area contributed by atoms with E-state index in [9.17, 15) is 4.79 Å². The zero-order valence-corrected chi connectivity index (χ0v) is 12.9. The van der Waals surface area contributed by atoms with E-state index in [4.69, 9.17) is 4.74 Å². The van der Waals surface area contributed by atoms with Crippen molar-refractivity contribution in [1.82, 2.24) is 9.55 Å². The van der Waals surface area contributed by atoms with Crippen LogP contribution in [0, 0.1) is 5.92 Å². The average molecular weight is 337 g/mol. The quantitative estimate of drug-likeness (QED) is 0.761. The summed E-state index contributed by atoms with van der Waals surface area (Å²) in [5, 5.41) is 0. The largest absolute Gasteiger partial charge is 0.466 e. The van der Waals surface area contributed by atoms with Crippen LogP contribution >= 0.6 is 15.9 Å². The predicted octanol–water partition coefficient (Wildman–Crippen LogP) is 3.07. The first kappa shape index (κ1) is 14.8. The Labute approximate surface area is 126 Å². The van der Waals surface area contributed by atoms with E-state index in [-0.39, 0.29) is 11.9 Å². The fourth-order valence-corrected chi connectivity index (χ4v) is 2.30. The Morgan fingerprint density at radius 2 is 2.15 bits per heavy atom. The Morgan fingerprint density at radius 1 is 1.40 bits per heavy atom. The highest BCUT2D eigenvalue weighted by molar-refractivity contribution is 9.10. The van der Waals surface area contributed by atoms with E-state index in [1.807, 2.05) is 42.0 Å². The summed E-state index contributed by atoms with van der Waals surface area (Å²) in [6, 6.07) is 8.00. The SMILES string of the molecule is CCOC(=O)C(Cc1ccc(Br)cc1)Cn1ccnc1. The molecule has 0 amide bonds. The normalized spacial score (nSPS) is 12.1. The fourth-order valence-electron chi connectivity index (χ4n) is 2.04. The molecule has 0 N–H and O–H groups in total. The van der Waals surface area contributed by atoms with Crippen LogP contribution in [0.15, 0.2) is 47.5 Å². The van der Waals surface area contributed by atoms with Gasteiger partial charge < -0.3 is 9.30 Å². The molecule has 0 bridgehead atoms. The number of hydrogen-bond donors (Lipinski definition) is 0. The van der Waals surface area contributed by atoms with E-state index in [0.29, 0.717) is 19.6 Å². The van der Waals surface area contributed by atoms with Crippen molar-refractivity contribution in [2.45, 2.75) is 19.9 Å². The Balaban J connectivity index is 2.09. The van der Waals surface area contributed by atoms with Gasteiger partial charge in [0.2, 0.25) is 0 Å². The zero-order valence-electron chi connectivity index (χ0n) is 11.3. The summed E-state index contributed by atoms with van der Waals surface area (Å²) in [5.74, 6) is -0.366. The van der Waals surface area contributed by atoms with Crippen LogP contribution in [0.1, 0.15) is 12.5 Å². The van der Waals surface area contributed by atoms with Gasteiger partial charge in [-0.2, -0.15) is 0 Å². The lowest BCUT2D eigenvalue weighted by Gasteiger charge is -2.16. The van der Waals surface area contributed by atoms with Crippen LogP contribution < -0.4 is 0 Å². The van der Waals surface area contributed by atoms with E-state index in [2.05, 4.69) is 20.9 Å². The van der Waals surface area contributed by atoms with E-state index >= 15 is 0 Å². The number of ether oxygens (including phenoxy) is 1. The number of carbonyl (C=O) groups excluding carboxylic acids is 1. The van der Waals surface area contributed by atoms with Gasteiger partial charge in [0, 0.05) is 23.4 Å². The van der Waals surface area contributed by atoms with Crippen molar-refractivity contribution in [1.29, 1.82) is 0 Å². The molecule has 0 fully saturated rings. The molecular weight excluding hydrogens is 320 g/mol. The van der Waals surface area contributed by atoms with Gasteiger partial charge in [-0.15, -0.1) is 0 Å². The van der Waals surface area contributed by atoms with Crippen molar-refractivity contribution >= 4 is 21.9 Å². The molecule has 1 unspecified atom stereocenters. The molecule has 1 aromatic heterocycles. The molecule has 1 aromatic carbocycles. The van der Waals surface area contributed by atoms with Crippen LogP contribution in [0.5, 0.6) is 0 Å². The van der Waals surface area contributed by atoms with E-state index in [1.165, 1.54) is 0 Å². The lowest BCUT2D eigenvalue weighted by Crippen LogP contribution is -2.24. The molecular formula is C15H17BrN2O2. The van der Waals surface area contributed by atoms with Gasteiger partial charge in [-0.1, -0.05) is 28.1 Å². The van der Waals surface area contributed by atoms with Gasteiger partial charge in [-0.3, -0.25) is 4.79 Å². The smallest absolute Gasteiger partial charge is 0.311 e. The third kappa shape index (κ3) is 4.20. The number of aromatic nitrogens is 2. The number of nitrogens with zero attached hydrogens (tertiary/aromatic N) is 2. The van der Waals surface area contributed by atoms with E-state index in [1.54, 1.807) is 12.5 Å². The van der Waals surface area contributed by atoms with Crippen molar-refractivity contribution < 1.29 is 9.53 Å². The third-order valence-electron chi connectivity index (χ3n) is 3.01. The van der Waals surface area contributed by atoms with E-state index < -0.39 is 0 Å². The minimum Gasteiger partial charge on any atom is -0.466 e. The molecule has 20 heavy (non-hydrogen) atoms. The monoisotopic (exact) mass is 336 g/mol. The van der Waals surface area contributed by atoms with Crippen molar-refractivity contribution in [3.63, 3.8) is 0 Å². The first-order valence-corrected chi connectivity index (χ1v) is 7.35. The fraction of sp³-hybridized carbons (Fsp3) is 0.333. The van der Waals surface area contributed by atoms with Crippen molar-refractivity contribution in [3.8, 4) is 0 Å². The lowest BCUT2D eigenvalue weighted by atomic mass is 9.99. The van der Waals surface area contributed by atoms with Crippen LogP contribution in [0.25, 0.3) is 0 Å². The minimum absolute atomic E-state index is 0.163. The molecule has 2 aromatic rings. The second-order valence-electron chi connectivity index (χ2n) is 4.54. The number of hydrogen-bond acceptors (Lipinski definition) is 3. The summed E-state index contributed by atoms with van der Waals surface area (Å²) in [5.41, 5.74) is 1.12. The molecule has 1 atom stereocenters. The molecule has 1 heterocycles. The molecule has 106 valence electrons. The maximum atomic E-state index is 12.1. The summed E-state index contributed by atoms with van der Waals surface area (Å²) in [6.07, 6.45) is 5.94. The summed E-state index contributed by atoms with van der Waals surface area (Å²) in [6.45, 7) is 2.81. The third-order valence-corrected chi connectivity index (χ3v) is 3.53. The second-order valence-corrected chi connectivity index (χ2v) is 5.45. The Morgan fingerprint density at radius 3 is 2.75 bits per heavy atom. The van der Waals surface area contributed by atoms with Crippen LogP contribution in [0.4, 0.5) is 0 Å². The average Bonchev–Trinajstić information content (AvgIpc) is 2.94. The van der Waals surface area contributed by atoms with Crippen LogP contribution in [0.2, 0.25) is 0 Å². The maximum Gasteiger partial charge on any atom is 0.311 e. The molecule has 0 aliphatic rings. The summed E-state index contributed by atoms with van der Waals surface area (Å²) >= 11 is 3.41. The minimum atomic E-state index is -0.203. The molecule has 5 heteroatoms. The molecule has 0 saturated heterocycles. The maximum absolute atomic E-state index is 12.1. The molecule has 0 spiro atoms. The molecule has 4 nitrogen and oxygen atoms in total. The van der Waals surface area contributed by atoms with Crippen LogP contribution in [-0.2, 0) is 22.5 Å². The molecule has 0 aliphatic carbocycles. The number of carbonyl (C=O) groups is 1. The topological polar surface area (TPSA) is 44.1 Å². The van der Waals surface area contributed by atoms with Gasteiger partial charge in [-0.25, -0.2) is 4.98 Å². The second kappa shape index (κ2) is 7.24. The highest BCUT2D eigenvalue weighted by Crippen LogP contribution is 2.16. The molecule has 0 aliphatic heterocycles. The van der Waals surface area contributed by atoms with E-state index in [0.717, 1.165) is 10.0 Å². The highest BCUT2D eigenvalue weighted by Gasteiger charge is 2.20. The van der Waals surface area contributed by atoms with Crippen molar-refractivity contribution in [2.24, 2.45) is 5.92 Å². The lowest BCUT2D eigenvalue weighted by molar-refractivity contribution is -0.148. The summed E-state index contributed by atoms with van der Waals surface area (Å²) in [7, 11) is 0. The Hall–Kier alpha value is -1.62. The standard InChI is InChI=1S/C15H17BrN2O2/c1-2-20-15(19)13(10-18-8-7-17-11-18)9-12-3-5-14(16)6-4-12/h3-8,11,13H,2,9-10H2,1H3. The number of halogens is 1. The van der Waals surface area contributed by atoms with Gasteiger partial charge in [0.15, 0.2) is 0 Å². The van der Waals surface area contributed by atoms with Gasteiger partial charge in [-0.05, 0) is 31.0 Å². The van der Waals surface area contributed by atoms with Crippen molar-refractivity contribution in [2.75, 3.05) is 6.61 Å². The number of imidazole rings is 1. The number of esters is 1. The van der Waals surface area contributed by atoms with Gasteiger partial charge >= 0.3 is 5.97 Å². The first-order chi connectivity index (χ1) is 9.69.